The molecule has 4 aromatic rings. The number of carbonyl (C=O) groups is 4. The van der Waals surface area contributed by atoms with E-state index in [4.69, 9.17) is 19.6 Å². The molecule has 0 saturated carbocycles. The maximum atomic E-state index is 15.7. The zero-order chi connectivity index (χ0) is 46.2. The second kappa shape index (κ2) is 18.3. The van der Waals surface area contributed by atoms with Crippen LogP contribution in [0, 0.1) is 11.8 Å². The monoisotopic (exact) mass is 924 g/mol. The first-order chi connectivity index (χ1) is 31.0. The Morgan fingerprint density at radius 2 is 1.03 bits per heavy atom. The summed E-state index contributed by atoms with van der Waals surface area (Å²) in [5.74, 6) is -4.51. The lowest BCUT2D eigenvalue weighted by Gasteiger charge is -2.24. The highest BCUT2D eigenvalue weighted by Gasteiger charge is 2.42. The summed E-state index contributed by atoms with van der Waals surface area (Å²) in [5, 5.41) is 18.8. The molecule has 2 fully saturated rings. The molecule has 340 valence electrons. The molecule has 12 nitrogen and oxygen atoms in total. The minimum atomic E-state index is -5.18. The number of hydrogen-bond donors (Lipinski definition) is 2. The van der Waals surface area contributed by atoms with Gasteiger partial charge in [-0.1, -0.05) is 36.0 Å². The molecule has 2 unspecified atom stereocenters. The lowest BCUT2D eigenvalue weighted by molar-refractivity contribution is -0.215. The van der Waals surface area contributed by atoms with E-state index in [1.807, 2.05) is 0 Å². The molecular formula is C46H38F6N2O10S. The average Bonchev–Trinajstić information content (AvgIpc) is 3.99. The van der Waals surface area contributed by atoms with Crippen molar-refractivity contribution >= 4 is 47.7 Å². The van der Waals surface area contributed by atoms with Gasteiger partial charge in [-0.3, -0.25) is 19.2 Å². The number of aliphatic carboxylic acids is 2. The van der Waals surface area contributed by atoms with E-state index in [2.05, 4.69) is 0 Å². The molecule has 2 amide bonds. The van der Waals surface area contributed by atoms with Gasteiger partial charge in [-0.2, -0.15) is 36.1 Å². The van der Waals surface area contributed by atoms with Gasteiger partial charge in [0.1, 0.15) is 0 Å². The van der Waals surface area contributed by atoms with Gasteiger partial charge in [0.25, 0.3) is 0 Å². The molecular weight excluding hydrogens is 887 g/mol. The molecule has 4 aromatic carbocycles. The van der Waals surface area contributed by atoms with Gasteiger partial charge in [-0.05, 0) is 83.6 Å². The van der Waals surface area contributed by atoms with E-state index in [0.717, 1.165) is 24.3 Å². The van der Waals surface area contributed by atoms with Crippen molar-refractivity contribution in [1.29, 1.82) is 0 Å². The van der Waals surface area contributed by atoms with Gasteiger partial charge in [-0.25, -0.2) is 0 Å². The quantitative estimate of drug-likeness (QED) is 0.0892. The summed E-state index contributed by atoms with van der Waals surface area (Å²) >= 11 is 0.244. The van der Waals surface area contributed by atoms with Crippen molar-refractivity contribution in [1.82, 2.24) is 9.80 Å². The summed E-state index contributed by atoms with van der Waals surface area (Å²) < 4.78 is 94.3. The molecule has 19 heteroatoms. The topological polar surface area (TPSA) is 152 Å². The van der Waals surface area contributed by atoms with Gasteiger partial charge in [-0.15, -0.1) is 0 Å². The number of likely N-dealkylation sites (tertiary alicyclic amines) is 2. The minimum Gasteiger partial charge on any atom is -0.481 e. The van der Waals surface area contributed by atoms with E-state index in [9.17, 15) is 29.4 Å². The second-order valence-electron chi connectivity index (χ2n) is 15.7. The number of nitrogens with zero attached hydrogens (tertiary/aromatic N) is 2. The molecule has 4 aliphatic heterocycles. The van der Waals surface area contributed by atoms with Crippen molar-refractivity contribution in [3.8, 4) is 33.8 Å². The van der Waals surface area contributed by atoms with Crippen molar-refractivity contribution < 1.29 is 75.3 Å². The molecule has 8 rings (SSSR count). The van der Waals surface area contributed by atoms with Gasteiger partial charge in [0.2, 0.25) is 11.8 Å². The Balaban J connectivity index is 1.27. The second-order valence-corrected chi connectivity index (χ2v) is 16.8. The molecule has 2 atom stereocenters. The highest BCUT2D eigenvalue weighted by Crippen LogP contribution is 2.52. The van der Waals surface area contributed by atoms with E-state index < -0.39 is 80.0 Å². The predicted octanol–water partition coefficient (Wildman–Crippen LogP) is 8.84. The van der Waals surface area contributed by atoms with E-state index in [1.165, 1.54) is 70.5 Å². The van der Waals surface area contributed by atoms with Crippen LogP contribution in [0.2, 0.25) is 0 Å². The van der Waals surface area contributed by atoms with Crippen molar-refractivity contribution in [3.63, 3.8) is 0 Å². The van der Waals surface area contributed by atoms with Crippen molar-refractivity contribution in [2.75, 3.05) is 39.4 Å². The summed E-state index contributed by atoms with van der Waals surface area (Å²) in [4.78, 5) is 71.3. The number of alkyl halides is 6. The highest BCUT2D eigenvalue weighted by atomic mass is 32.2. The molecule has 0 spiro atoms. The molecule has 0 bridgehead atoms. The molecule has 2 saturated heterocycles. The number of carbonyl (C=O) groups excluding carboxylic acids is 2. The third kappa shape index (κ3) is 9.72. The Labute approximate surface area is 370 Å². The molecule has 2 N–H and O–H groups in total. The summed E-state index contributed by atoms with van der Waals surface area (Å²) in [6.07, 6.45) is -4.98. The average molecular weight is 925 g/mol. The Bertz CT molecular complexity index is 2450. The van der Waals surface area contributed by atoms with Crippen LogP contribution in [0.1, 0.15) is 46.2 Å². The Morgan fingerprint density at radius 3 is 1.40 bits per heavy atom. The first kappa shape index (κ1) is 45.3. The Morgan fingerprint density at radius 1 is 0.615 bits per heavy atom. The number of carboxylic acids is 2. The molecule has 4 aliphatic rings. The smallest absolute Gasteiger partial charge is 0.418 e. The van der Waals surface area contributed by atoms with Crippen LogP contribution in [-0.2, 0) is 54.1 Å². The highest BCUT2D eigenvalue weighted by molar-refractivity contribution is 7.99. The van der Waals surface area contributed by atoms with E-state index >= 15 is 26.3 Å². The molecule has 0 aliphatic carbocycles. The van der Waals surface area contributed by atoms with Crippen LogP contribution >= 0.6 is 11.8 Å². The normalized spacial score (nSPS) is 18.7. The van der Waals surface area contributed by atoms with Crippen molar-refractivity contribution in [3.05, 3.63) is 106 Å². The van der Waals surface area contributed by atoms with E-state index in [-0.39, 0.29) is 111 Å². The fourth-order valence-electron chi connectivity index (χ4n) is 8.34. The zero-order valence-corrected chi connectivity index (χ0v) is 34.9. The van der Waals surface area contributed by atoms with Crippen LogP contribution in [0.25, 0.3) is 34.4 Å². The number of halogens is 6. The Kier molecular flexibility index (Phi) is 12.7. The first-order valence-corrected chi connectivity index (χ1v) is 21.2. The molecule has 0 aromatic heterocycles. The number of benzene rings is 4. The summed E-state index contributed by atoms with van der Waals surface area (Å²) in [6, 6.07) is 13.1. The van der Waals surface area contributed by atoms with Crippen LogP contribution in [0.5, 0.6) is 11.5 Å². The standard InChI is InChI=1S/C46H38F6N2O10S/c47-45(48,49)41-35(9-3-25(5-11-37(55)53-17-13-31(23-53)43(57)58)39(41)29-1-7-33-27(21-29)15-19-61-63-33)65-36-10-4-26(6-12-38(56)54-18-14-32(24-54)44(59)60)40(42(36)46(50,51)52)30-2-8-34-28(22-30)16-20-62-64-34/h1-12,21-22,31-32H,13-20,23-24H2,(H,57,58)(H,59,60). The number of carboxylic acid groups (broad SMARTS) is 2. The number of fused-ring (bicyclic) bond motifs is 2. The lowest BCUT2D eigenvalue weighted by Crippen LogP contribution is -2.28. The van der Waals surface area contributed by atoms with Crippen molar-refractivity contribution in [2.24, 2.45) is 11.8 Å². The fourth-order valence-corrected chi connectivity index (χ4v) is 9.49. The van der Waals surface area contributed by atoms with Crippen LogP contribution in [0.3, 0.4) is 0 Å². The van der Waals surface area contributed by atoms with Gasteiger partial charge < -0.3 is 29.8 Å². The van der Waals surface area contributed by atoms with Gasteiger partial charge in [0.05, 0.1) is 36.2 Å². The van der Waals surface area contributed by atoms with Crippen LogP contribution in [0.15, 0.2) is 82.6 Å². The van der Waals surface area contributed by atoms with E-state index in [0.29, 0.717) is 11.1 Å². The maximum Gasteiger partial charge on any atom is 0.418 e. The summed E-state index contributed by atoms with van der Waals surface area (Å²) in [5.41, 5.74) is -2.54. The van der Waals surface area contributed by atoms with Gasteiger partial charge in [0.15, 0.2) is 11.5 Å². The van der Waals surface area contributed by atoms with Gasteiger partial charge in [0, 0.05) is 83.2 Å². The maximum absolute atomic E-state index is 15.7. The number of hydrogen-bond acceptors (Lipinski definition) is 9. The van der Waals surface area contributed by atoms with Gasteiger partial charge >= 0.3 is 24.3 Å². The predicted molar refractivity (Wildman–Crippen MR) is 221 cm³/mol. The van der Waals surface area contributed by atoms with Crippen molar-refractivity contribution in [2.45, 2.75) is 47.8 Å². The van der Waals surface area contributed by atoms with Crippen LogP contribution < -0.4 is 9.78 Å². The third-order valence-electron chi connectivity index (χ3n) is 11.6. The number of amides is 2. The number of rotatable bonds is 10. The minimum absolute atomic E-state index is 0.0260. The lowest BCUT2D eigenvalue weighted by atomic mass is 9.91. The van der Waals surface area contributed by atoms with E-state index in [1.54, 1.807) is 0 Å². The fraction of sp³-hybridized carbons (Fsp3) is 0.304. The third-order valence-corrected chi connectivity index (χ3v) is 12.7. The SMILES string of the molecule is O=C(O)C1CCN(C(=O)C=Cc2ccc(Sc3ccc(C=CC(=O)N4CCC(C(=O)O)C4)c(-c4ccc5c(c4)CCOO5)c3C(F)(F)F)c(C(F)(F)F)c2-c2ccc3c(c2)CCOO3)C1. The molecule has 4 heterocycles. The zero-order valence-electron chi connectivity index (χ0n) is 34.0. The van der Waals surface area contributed by atoms with Crippen LogP contribution in [0.4, 0.5) is 26.3 Å². The largest absolute Gasteiger partial charge is 0.481 e. The molecule has 0 radical (unpaired) electrons. The molecule has 65 heavy (non-hydrogen) atoms. The first-order valence-electron chi connectivity index (χ1n) is 20.4. The summed E-state index contributed by atoms with van der Waals surface area (Å²) in [6.45, 7) is 0.269. The Hall–Kier alpha value is -6.31. The van der Waals surface area contributed by atoms with Crippen LogP contribution in [-0.4, -0.2) is 83.2 Å². The summed E-state index contributed by atoms with van der Waals surface area (Å²) in [7, 11) is 0.